The van der Waals surface area contributed by atoms with E-state index in [1.807, 2.05) is 45.0 Å². The summed E-state index contributed by atoms with van der Waals surface area (Å²) in [5.74, 6) is -0.972. The quantitative estimate of drug-likeness (QED) is 0.334. The average Bonchev–Trinajstić information content (AvgIpc) is 3.11. The molecule has 3 aromatic rings. The standard InChI is InChI=1S/C27H27N3O4/c1-5-34-22-13-8-18(15-17(22)2)25(31)23-24(19-7-6-14-28-16-19)30(27(33)26(23)32)21-11-9-20(10-12-21)29(3)4/h6-16,24,31H,5H2,1-4H3/b25-23-. The molecular formula is C27H27N3O4. The molecule has 1 unspecified atom stereocenters. The second-order valence-corrected chi connectivity index (χ2v) is 8.28. The highest BCUT2D eigenvalue weighted by atomic mass is 16.5. The minimum absolute atomic E-state index is 0.0262. The smallest absolute Gasteiger partial charge is 0.300 e. The number of ether oxygens (including phenoxy) is 1. The van der Waals surface area contributed by atoms with Crippen molar-refractivity contribution in [3.63, 3.8) is 0 Å². The summed E-state index contributed by atoms with van der Waals surface area (Å²) in [6.07, 6.45) is 3.23. The largest absolute Gasteiger partial charge is 0.507 e. The maximum Gasteiger partial charge on any atom is 0.300 e. The Bertz CT molecular complexity index is 1250. The van der Waals surface area contributed by atoms with E-state index in [4.69, 9.17) is 4.74 Å². The Labute approximate surface area is 198 Å². The van der Waals surface area contributed by atoms with Gasteiger partial charge in [0.1, 0.15) is 11.5 Å². The molecular weight excluding hydrogens is 430 g/mol. The number of carbonyl (C=O) groups is 2. The van der Waals surface area contributed by atoms with Crippen molar-refractivity contribution in [3.8, 4) is 5.75 Å². The van der Waals surface area contributed by atoms with Gasteiger partial charge in [-0.25, -0.2) is 0 Å². The number of aryl methyl sites for hydroxylation is 1. The van der Waals surface area contributed by atoms with Crippen LogP contribution in [0.2, 0.25) is 0 Å². The number of carbonyl (C=O) groups excluding carboxylic acids is 2. The topological polar surface area (TPSA) is 83.0 Å². The summed E-state index contributed by atoms with van der Waals surface area (Å²) in [5, 5.41) is 11.3. The lowest BCUT2D eigenvalue weighted by Crippen LogP contribution is -2.29. The molecule has 1 atom stereocenters. The number of aliphatic hydroxyl groups is 1. The van der Waals surface area contributed by atoms with Crippen molar-refractivity contribution in [3.05, 3.63) is 89.3 Å². The van der Waals surface area contributed by atoms with E-state index in [2.05, 4.69) is 4.98 Å². The van der Waals surface area contributed by atoms with Gasteiger partial charge in [-0.1, -0.05) is 6.07 Å². The van der Waals surface area contributed by atoms with Crippen molar-refractivity contribution < 1.29 is 19.4 Å². The SMILES string of the molecule is CCOc1ccc(/C(O)=C2/C(=O)C(=O)N(c3ccc(N(C)C)cc3)C2c2cccnc2)cc1C. The van der Waals surface area contributed by atoms with Gasteiger partial charge in [0.05, 0.1) is 18.2 Å². The number of Topliss-reactive ketones (excluding diaryl/α,β-unsaturated/α-hetero) is 1. The van der Waals surface area contributed by atoms with Gasteiger partial charge in [-0.05, 0) is 73.5 Å². The van der Waals surface area contributed by atoms with Crippen LogP contribution in [-0.2, 0) is 9.59 Å². The van der Waals surface area contributed by atoms with Gasteiger partial charge in [-0.15, -0.1) is 0 Å². The van der Waals surface area contributed by atoms with E-state index in [1.54, 1.807) is 54.9 Å². The summed E-state index contributed by atoms with van der Waals surface area (Å²) in [4.78, 5) is 34.0. The number of nitrogens with zero attached hydrogens (tertiary/aromatic N) is 3. The van der Waals surface area contributed by atoms with E-state index in [1.165, 1.54) is 4.90 Å². The molecule has 0 radical (unpaired) electrons. The molecule has 0 bridgehead atoms. The minimum Gasteiger partial charge on any atom is -0.507 e. The van der Waals surface area contributed by atoms with Gasteiger partial charge in [0.2, 0.25) is 0 Å². The summed E-state index contributed by atoms with van der Waals surface area (Å²) in [5.41, 5.74) is 3.43. The molecule has 7 nitrogen and oxygen atoms in total. The van der Waals surface area contributed by atoms with Gasteiger partial charge in [0.15, 0.2) is 0 Å². The summed E-state index contributed by atoms with van der Waals surface area (Å²) >= 11 is 0. The molecule has 7 heteroatoms. The van der Waals surface area contributed by atoms with Crippen LogP contribution in [0.15, 0.2) is 72.6 Å². The number of pyridine rings is 1. The third-order valence-electron chi connectivity index (χ3n) is 5.84. The first-order valence-corrected chi connectivity index (χ1v) is 11.1. The lowest BCUT2D eigenvalue weighted by Gasteiger charge is -2.25. The first-order chi connectivity index (χ1) is 16.3. The van der Waals surface area contributed by atoms with Crippen molar-refractivity contribution >= 4 is 28.8 Å². The highest BCUT2D eigenvalue weighted by molar-refractivity contribution is 6.51. The number of rotatable bonds is 6. The minimum atomic E-state index is -0.814. The number of anilines is 2. The van der Waals surface area contributed by atoms with Crippen LogP contribution in [0, 0.1) is 6.92 Å². The number of aromatic nitrogens is 1. The fourth-order valence-electron chi connectivity index (χ4n) is 4.13. The van der Waals surface area contributed by atoms with Gasteiger partial charge in [0, 0.05) is 43.4 Å². The summed E-state index contributed by atoms with van der Waals surface area (Å²) < 4.78 is 5.59. The predicted molar refractivity (Wildman–Crippen MR) is 132 cm³/mol. The zero-order valence-corrected chi connectivity index (χ0v) is 19.6. The van der Waals surface area contributed by atoms with Crippen molar-refractivity contribution in [1.29, 1.82) is 0 Å². The van der Waals surface area contributed by atoms with Crippen LogP contribution in [0.5, 0.6) is 5.75 Å². The maximum absolute atomic E-state index is 13.3. The molecule has 1 fully saturated rings. The molecule has 2 aromatic carbocycles. The predicted octanol–water partition coefficient (Wildman–Crippen LogP) is 4.48. The Kier molecular flexibility index (Phi) is 6.36. The monoisotopic (exact) mass is 457 g/mol. The molecule has 4 rings (SSSR count). The van der Waals surface area contributed by atoms with Crippen LogP contribution in [0.1, 0.15) is 29.7 Å². The molecule has 2 heterocycles. The number of benzene rings is 2. The molecule has 34 heavy (non-hydrogen) atoms. The van der Waals surface area contributed by atoms with E-state index in [0.29, 0.717) is 29.2 Å². The Morgan fingerprint density at radius 1 is 1.12 bits per heavy atom. The van der Waals surface area contributed by atoms with Crippen LogP contribution >= 0.6 is 0 Å². The van der Waals surface area contributed by atoms with Crippen molar-refractivity contribution in [2.45, 2.75) is 19.9 Å². The van der Waals surface area contributed by atoms with Gasteiger partial charge < -0.3 is 14.7 Å². The molecule has 1 saturated heterocycles. The molecule has 1 N–H and O–H groups in total. The van der Waals surface area contributed by atoms with Crippen molar-refractivity contribution in [2.75, 3.05) is 30.5 Å². The first kappa shape index (κ1) is 23.0. The Morgan fingerprint density at radius 3 is 2.44 bits per heavy atom. The van der Waals surface area contributed by atoms with E-state index < -0.39 is 17.7 Å². The first-order valence-electron chi connectivity index (χ1n) is 11.1. The van der Waals surface area contributed by atoms with Gasteiger partial charge >= 0.3 is 0 Å². The molecule has 0 aliphatic carbocycles. The number of hydrogen-bond donors (Lipinski definition) is 1. The van der Waals surface area contributed by atoms with Gasteiger partial charge in [-0.3, -0.25) is 19.5 Å². The molecule has 174 valence electrons. The number of aliphatic hydroxyl groups excluding tert-OH is 1. The van der Waals surface area contributed by atoms with Crippen LogP contribution in [0.3, 0.4) is 0 Å². The van der Waals surface area contributed by atoms with Crippen LogP contribution in [-0.4, -0.2) is 42.5 Å². The number of amides is 1. The van der Waals surface area contributed by atoms with E-state index in [0.717, 1.165) is 11.3 Å². The van der Waals surface area contributed by atoms with Crippen LogP contribution in [0.25, 0.3) is 5.76 Å². The fraction of sp³-hybridized carbons (Fsp3) is 0.222. The molecule has 1 aliphatic heterocycles. The Balaban J connectivity index is 1.87. The van der Waals surface area contributed by atoms with E-state index in [-0.39, 0.29) is 11.3 Å². The van der Waals surface area contributed by atoms with Crippen LogP contribution < -0.4 is 14.5 Å². The average molecular weight is 458 g/mol. The Morgan fingerprint density at radius 2 is 1.85 bits per heavy atom. The van der Waals surface area contributed by atoms with E-state index >= 15 is 0 Å². The fourth-order valence-corrected chi connectivity index (χ4v) is 4.13. The molecule has 1 aliphatic rings. The lowest BCUT2D eigenvalue weighted by atomic mass is 9.95. The highest BCUT2D eigenvalue weighted by Gasteiger charge is 2.47. The number of ketones is 1. The summed E-state index contributed by atoms with van der Waals surface area (Å²) in [7, 11) is 3.85. The lowest BCUT2D eigenvalue weighted by molar-refractivity contribution is -0.132. The second kappa shape index (κ2) is 9.39. The molecule has 1 aromatic heterocycles. The zero-order chi connectivity index (χ0) is 24.4. The zero-order valence-electron chi connectivity index (χ0n) is 19.6. The highest BCUT2D eigenvalue weighted by Crippen LogP contribution is 2.42. The van der Waals surface area contributed by atoms with Crippen molar-refractivity contribution in [1.82, 2.24) is 4.98 Å². The maximum atomic E-state index is 13.3. The van der Waals surface area contributed by atoms with Gasteiger partial charge in [-0.2, -0.15) is 0 Å². The normalized spacial score (nSPS) is 17.2. The third kappa shape index (κ3) is 4.12. The number of hydrogen-bond acceptors (Lipinski definition) is 6. The molecule has 0 saturated carbocycles. The molecule has 1 amide bonds. The van der Waals surface area contributed by atoms with E-state index in [9.17, 15) is 14.7 Å². The van der Waals surface area contributed by atoms with Gasteiger partial charge in [0.25, 0.3) is 11.7 Å². The molecule has 0 spiro atoms. The summed E-state index contributed by atoms with van der Waals surface area (Å²) in [6.45, 7) is 4.28. The second-order valence-electron chi connectivity index (χ2n) is 8.28. The van der Waals surface area contributed by atoms with Crippen molar-refractivity contribution in [2.24, 2.45) is 0 Å². The van der Waals surface area contributed by atoms with Crippen LogP contribution in [0.4, 0.5) is 11.4 Å². The summed E-state index contributed by atoms with van der Waals surface area (Å²) in [6, 6.07) is 15.3. The third-order valence-corrected chi connectivity index (χ3v) is 5.84. The Hall–Kier alpha value is -4.13.